The molecule has 0 spiro atoms. The first-order valence-electron chi connectivity index (χ1n) is 9.99. The van der Waals surface area contributed by atoms with Crippen LogP contribution >= 0.6 is 11.6 Å². The molecule has 0 radical (unpaired) electrons. The minimum absolute atomic E-state index is 0.198. The molecule has 154 valence electrons. The molecular weight excluding hydrogens is 408 g/mol. The van der Waals surface area contributed by atoms with Crippen LogP contribution in [-0.4, -0.2) is 45.8 Å². The second kappa shape index (κ2) is 8.46. The summed E-state index contributed by atoms with van der Waals surface area (Å²) in [4.78, 5) is 2.58. The Morgan fingerprint density at radius 2 is 1.90 bits per heavy atom. The molecule has 1 aliphatic carbocycles. The number of sulfonamides is 1. The number of hydrogen-bond donors (Lipinski definition) is 0. The Hall–Kier alpha value is -1.89. The van der Waals surface area contributed by atoms with Crippen LogP contribution in [0.1, 0.15) is 36.8 Å². The van der Waals surface area contributed by atoms with Crippen molar-refractivity contribution in [3.8, 4) is 5.75 Å². The molecule has 1 heterocycles. The first kappa shape index (κ1) is 20.4. The third-order valence-electron chi connectivity index (χ3n) is 5.28. The smallest absolute Gasteiger partial charge is 0.283 e. The fourth-order valence-corrected chi connectivity index (χ4v) is 4.92. The highest BCUT2D eigenvalue weighted by atomic mass is 35.5. The Kier molecular flexibility index (Phi) is 5.95. The number of rotatable bonds is 9. The van der Waals surface area contributed by atoms with Crippen LogP contribution in [0.2, 0.25) is 5.02 Å². The van der Waals surface area contributed by atoms with E-state index in [2.05, 4.69) is 16.3 Å². The monoisotopic (exact) mass is 432 g/mol. The van der Waals surface area contributed by atoms with E-state index in [9.17, 15) is 8.42 Å². The lowest BCUT2D eigenvalue weighted by Gasteiger charge is -2.16. The van der Waals surface area contributed by atoms with Crippen LogP contribution in [0.25, 0.3) is 0 Å². The molecule has 2 aliphatic rings. The fourth-order valence-electron chi connectivity index (χ4n) is 3.54. The van der Waals surface area contributed by atoms with Gasteiger partial charge in [0.25, 0.3) is 10.0 Å². The highest BCUT2D eigenvalue weighted by molar-refractivity contribution is 7.90. The summed E-state index contributed by atoms with van der Waals surface area (Å²) in [6, 6.07) is 12.2. The second-order valence-corrected chi connectivity index (χ2v) is 9.85. The number of ether oxygens (including phenoxy) is 1. The average molecular weight is 433 g/mol. The standard InChI is InChI=1S/C22H25ClN2O3S/c1-25(15-16-4-5-16)12-2-3-13-28-19-10-11-20-21(14-19)29(26,27)24-22(20)17-6-8-18(23)9-7-17/h6-11,14,16H,2-5,12-13,15H2,1H3. The van der Waals surface area contributed by atoms with Gasteiger partial charge in [0.1, 0.15) is 10.6 Å². The maximum Gasteiger partial charge on any atom is 0.283 e. The van der Waals surface area contributed by atoms with E-state index in [4.69, 9.17) is 16.3 Å². The Labute approximate surface area is 177 Å². The zero-order valence-electron chi connectivity index (χ0n) is 16.5. The summed E-state index contributed by atoms with van der Waals surface area (Å²) < 4.78 is 34.8. The van der Waals surface area contributed by atoms with Crippen molar-refractivity contribution in [3.63, 3.8) is 0 Å². The van der Waals surface area contributed by atoms with Gasteiger partial charge in [0.15, 0.2) is 0 Å². The summed E-state index contributed by atoms with van der Waals surface area (Å²) in [6.45, 7) is 2.83. The van der Waals surface area contributed by atoms with Gasteiger partial charge < -0.3 is 9.64 Å². The second-order valence-electron chi connectivity index (χ2n) is 7.84. The molecule has 29 heavy (non-hydrogen) atoms. The van der Waals surface area contributed by atoms with E-state index in [1.54, 1.807) is 36.4 Å². The van der Waals surface area contributed by atoms with E-state index in [0.717, 1.165) is 30.9 Å². The van der Waals surface area contributed by atoms with Crippen LogP contribution in [0.5, 0.6) is 5.75 Å². The summed E-state index contributed by atoms with van der Waals surface area (Å²) >= 11 is 5.93. The lowest BCUT2D eigenvalue weighted by molar-refractivity contribution is 0.274. The van der Waals surface area contributed by atoms with Crippen molar-refractivity contribution in [2.45, 2.75) is 30.6 Å². The molecule has 1 aliphatic heterocycles. The van der Waals surface area contributed by atoms with Crippen molar-refractivity contribution >= 4 is 27.3 Å². The van der Waals surface area contributed by atoms with Crippen LogP contribution in [0.15, 0.2) is 51.8 Å². The van der Waals surface area contributed by atoms with Crippen molar-refractivity contribution < 1.29 is 13.2 Å². The molecule has 2 aromatic carbocycles. The largest absolute Gasteiger partial charge is 0.494 e. The summed E-state index contributed by atoms with van der Waals surface area (Å²) in [5.74, 6) is 1.47. The van der Waals surface area contributed by atoms with Gasteiger partial charge in [0.05, 0.1) is 12.3 Å². The molecule has 0 bridgehead atoms. The van der Waals surface area contributed by atoms with Crippen molar-refractivity contribution in [1.82, 2.24) is 4.90 Å². The lowest BCUT2D eigenvalue weighted by atomic mass is 10.0. The SMILES string of the molecule is CN(CCCCOc1ccc2c(c1)S(=O)(=O)N=C2c1ccc(Cl)cc1)CC1CC1. The predicted octanol–water partition coefficient (Wildman–Crippen LogP) is 4.38. The molecule has 1 fully saturated rings. The van der Waals surface area contributed by atoms with Gasteiger partial charge in [-0.2, -0.15) is 12.8 Å². The molecular formula is C22H25ClN2O3S. The summed E-state index contributed by atoms with van der Waals surface area (Å²) in [5.41, 5.74) is 1.77. The van der Waals surface area contributed by atoms with Crippen molar-refractivity contribution in [3.05, 3.63) is 58.6 Å². The number of fused-ring (bicyclic) bond motifs is 1. The van der Waals surface area contributed by atoms with Crippen LogP contribution in [0.4, 0.5) is 0 Å². The minimum Gasteiger partial charge on any atom is -0.494 e. The molecule has 0 unspecified atom stereocenters. The molecule has 0 atom stereocenters. The molecule has 0 amide bonds. The summed E-state index contributed by atoms with van der Waals surface area (Å²) in [6.07, 6.45) is 4.75. The molecule has 5 nitrogen and oxygen atoms in total. The molecule has 0 saturated heterocycles. The van der Waals surface area contributed by atoms with E-state index in [1.165, 1.54) is 19.4 Å². The molecule has 0 aromatic heterocycles. The van der Waals surface area contributed by atoms with Crippen molar-refractivity contribution in [1.29, 1.82) is 0 Å². The van der Waals surface area contributed by atoms with Gasteiger partial charge in [0.2, 0.25) is 0 Å². The van der Waals surface area contributed by atoms with Gasteiger partial charge in [-0.15, -0.1) is 0 Å². The van der Waals surface area contributed by atoms with Gasteiger partial charge in [-0.25, -0.2) is 0 Å². The number of hydrogen-bond acceptors (Lipinski definition) is 4. The maximum atomic E-state index is 12.5. The first-order chi connectivity index (χ1) is 13.9. The molecule has 1 saturated carbocycles. The van der Waals surface area contributed by atoms with Gasteiger partial charge in [-0.1, -0.05) is 23.7 Å². The number of halogens is 1. The molecule has 2 aromatic rings. The third kappa shape index (κ3) is 5.00. The summed E-state index contributed by atoms with van der Waals surface area (Å²) in [7, 11) is -1.55. The van der Waals surface area contributed by atoms with E-state index < -0.39 is 10.0 Å². The Morgan fingerprint density at radius 1 is 1.14 bits per heavy atom. The van der Waals surface area contributed by atoms with E-state index in [1.807, 2.05) is 6.07 Å². The van der Waals surface area contributed by atoms with Gasteiger partial charge in [-0.05, 0) is 69.5 Å². The van der Waals surface area contributed by atoms with Gasteiger partial charge in [0, 0.05) is 28.8 Å². The summed E-state index contributed by atoms with van der Waals surface area (Å²) in [5, 5.41) is 0.595. The van der Waals surface area contributed by atoms with Gasteiger partial charge in [-0.3, -0.25) is 0 Å². The zero-order chi connectivity index (χ0) is 20.4. The number of unbranched alkanes of at least 4 members (excludes halogenated alkanes) is 1. The Bertz CT molecular complexity index is 1010. The van der Waals surface area contributed by atoms with E-state index >= 15 is 0 Å². The third-order valence-corrected chi connectivity index (χ3v) is 6.85. The zero-order valence-corrected chi connectivity index (χ0v) is 18.0. The fraction of sp³-hybridized carbons (Fsp3) is 0.409. The topological polar surface area (TPSA) is 59.0 Å². The molecule has 0 N–H and O–H groups in total. The number of nitrogens with zero attached hydrogens (tertiary/aromatic N) is 2. The van der Waals surface area contributed by atoms with E-state index in [0.29, 0.717) is 28.7 Å². The number of benzene rings is 2. The quantitative estimate of drug-likeness (QED) is 0.552. The lowest BCUT2D eigenvalue weighted by Crippen LogP contribution is -2.22. The highest BCUT2D eigenvalue weighted by Gasteiger charge is 2.30. The van der Waals surface area contributed by atoms with Crippen LogP contribution < -0.4 is 4.74 Å². The Balaban J connectivity index is 1.36. The highest BCUT2D eigenvalue weighted by Crippen LogP contribution is 2.32. The normalized spacial score (nSPS) is 17.3. The minimum atomic E-state index is -3.72. The average Bonchev–Trinajstić information content (AvgIpc) is 3.46. The maximum absolute atomic E-state index is 12.5. The van der Waals surface area contributed by atoms with Crippen molar-refractivity contribution in [2.24, 2.45) is 10.3 Å². The van der Waals surface area contributed by atoms with Crippen molar-refractivity contribution in [2.75, 3.05) is 26.7 Å². The van der Waals surface area contributed by atoms with Crippen LogP contribution in [0.3, 0.4) is 0 Å². The van der Waals surface area contributed by atoms with E-state index in [-0.39, 0.29) is 4.90 Å². The predicted molar refractivity (Wildman–Crippen MR) is 116 cm³/mol. The van der Waals surface area contributed by atoms with Gasteiger partial charge >= 0.3 is 0 Å². The van der Waals surface area contributed by atoms with Crippen LogP contribution in [-0.2, 0) is 10.0 Å². The van der Waals surface area contributed by atoms with Crippen LogP contribution in [0, 0.1) is 5.92 Å². The molecule has 7 heteroatoms. The molecule has 4 rings (SSSR count). The first-order valence-corrected chi connectivity index (χ1v) is 11.8. The Morgan fingerprint density at radius 3 is 2.62 bits per heavy atom.